The average Bonchev–Trinajstić information content (AvgIpc) is 3.25. The van der Waals surface area contributed by atoms with Gasteiger partial charge in [0.05, 0.1) is 5.69 Å². The molecule has 0 bridgehead atoms. The van der Waals surface area contributed by atoms with Crippen LogP contribution in [0.3, 0.4) is 0 Å². The van der Waals surface area contributed by atoms with E-state index in [1.54, 1.807) is 12.1 Å². The lowest BCUT2D eigenvalue weighted by Gasteiger charge is -2.32. The molecule has 1 heterocycles. The molecule has 0 aliphatic carbocycles. The summed E-state index contributed by atoms with van der Waals surface area (Å²) in [5, 5.41) is 3.95. The molecule has 1 amide bonds. The van der Waals surface area contributed by atoms with Gasteiger partial charge in [-0.25, -0.2) is 14.1 Å². The highest BCUT2D eigenvalue weighted by Crippen LogP contribution is 2.54. The van der Waals surface area contributed by atoms with E-state index >= 15 is 0 Å². The van der Waals surface area contributed by atoms with Crippen molar-refractivity contribution in [3.8, 4) is 5.69 Å². The van der Waals surface area contributed by atoms with Crippen molar-refractivity contribution < 1.29 is 35.5 Å². The fourth-order valence-corrected chi connectivity index (χ4v) is 3.57. The van der Waals surface area contributed by atoms with Gasteiger partial charge in [0.1, 0.15) is 12.7 Å². The highest BCUT2D eigenvalue weighted by atomic mass is 19.4. The normalized spacial score (nSPS) is 12.7. The minimum absolute atomic E-state index is 0.0656. The van der Waals surface area contributed by atoms with Crippen LogP contribution in [0.2, 0.25) is 0 Å². The van der Waals surface area contributed by atoms with E-state index in [1.165, 1.54) is 50.4 Å². The molecule has 0 atom stereocenters. The lowest BCUT2D eigenvalue weighted by atomic mass is 9.90. The molecule has 3 rings (SSSR count). The Morgan fingerprint density at radius 2 is 1.42 bits per heavy atom. The van der Waals surface area contributed by atoms with Crippen LogP contribution in [-0.2, 0) is 5.67 Å². The predicted octanol–water partition coefficient (Wildman–Crippen LogP) is 5.45. The first-order valence-corrected chi connectivity index (χ1v) is 9.35. The van der Waals surface area contributed by atoms with Crippen LogP contribution >= 0.6 is 0 Å². The van der Waals surface area contributed by atoms with Crippen molar-refractivity contribution in [3.05, 3.63) is 71.3 Å². The number of aryl methyl sites for hydroxylation is 2. The number of amides is 1. The fourth-order valence-electron chi connectivity index (χ4n) is 3.57. The predicted molar refractivity (Wildman–Crippen MR) is 105 cm³/mol. The number of hydrogen-bond donors (Lipinski definition) is 0. The maximum Gasteiger partial charge on any atom is 0.435 e. The molecule has 0 unspecified atom stereocenters. The van der Waals surface area contributed by atoms with E-state index in [4.69, 9.17) is 0 Å². The van der Waals surface area contributed by atoms with Crippen LogP contribution in [0, 0.1) is 13.8 Å². The molecule has 3 aromatic rings. The Bertz CT molecular complexity index is 1120. The van der Waals surface area contributed by atoms with Crippen LogP contribution < -0.4 is 4.90 Å². The van der Waals surface area contributed by atoms with E-state index in [2.05, 4.69) is 10.1 Å². The molecule has 2 aromatic carbocycles. The van der Waals surface area contributed by atoms with Crippen LogP contribution in [0.15, 0.2) is 49.1 Å². The van der Waals surface area contributed by atoms with Crippen molar-refractivity contribution in [2.75, 3.05) is 11.9 Å². The second-order valence-electron chi connectivity index (χ2n) is 7.36. The highest BCUT2D eigenvalue weighted by molar-refractivity contribution is 6.06. The van der Waals surface area contributed by atoms with Crippen molar-refractivity contribution in [2.24, 2.45) is 0 Å². The quantitative estimate of drug-likeness (QED) is 0.473. The number of aromatic nitrogens is 3. The summed E-state index contributed by atoms with van der Waals surface area (Å²) in [5.41, 5.74) is -6.52. The smallest absolute Gasteiger partial charge is 0.311 e. The number of anilines is 1. The molecule has 0 radical (unpaired) electrons. The SMILES string of the molecule is Cc1cc(C(F)(C(F)(F)F)C(F)(F)F)cc(C)c1N(C)C(=O)c1ccc(-n2cncn2)cc1. The monoisotopic (exact) mass is 474 g/mol. The number of nitrogens with zero attached hydrogens (tertiary/aromatic N) is 4. The molecule has 176 valence electrons. The van der Waals surface area contributed by atoms with Gasteiger partial charge in [-0.2, -0.15) is 31.4 Å². The average molecular weight is 474 g/mol. The van der Waals surface area contributed by atoms with Crippen molar-refractivity contribution in [1.82, 2.24) is 14.8 Å². The highest BCUT2D eigenvalue weighted by Gasteiger charge is 2.73. The third-order valence-electron chi connectivity index (χ3n) is 5.11. The summed E-state index contributed by atoms with van der Waals surface area (Å²) in [7, 11) is 1.32. The molecule has 0 fully saturated rings. The lowest BCUT2D eigenvalue weighted by molar-refractivity contribution is -0.348. The van der Waals surface area contributed by atoms with Crippen molar-refractivity contribution in [2.45, 2.75) is 31.9 Å². The second kappa shape index (κ2) is 8.16. The number of hydrogen-bond acceptors (Lipinski definition) is 3. The van der Waals surface area contributed by atoms with Crippen molar-refractivity contribution in [3.63, 3.8) is 0 Å². The molecule has 0 saturated carbocycles. The van der Waals surface area contributed by atoms with Gasteiger partial charge in [0.25, 0.3) is 5.91 Å². The summed E-state index contributed by atoms with van der Waals surface area (Å²) in [5.74, 6) is -0.572. The van der Waals surface area contributed by atoms with E-state index in [0.717, 1.165) is 4.90 Å². The Labute approximate surface area is 183 Å². The summed E-state index contributed by atoms with van der Waals surface area (Å²) in [6.07, 6.45) is -9.67. The fraction of sp³-hybridized carbons (Fsp3) is 0.286. The van der Waals surface area contributed by atoms with Crippen molar-refractivity contribution in [1.29, 1.82) is 0 Å². The molecular weight excluding hydrogens is 457 g/mol. The molecule has 5 nitrogen and oxygen atoms in total. The van der Waals surface area contributed by atoms with Gasteiger partial charge >= 0.3 is 18.0 Å². The number of alkyl halides is 7. The maximum absolute atomic E-state index is 14.5. The Hall–Kier alpha value is -3.44. The van der Waals surface area contributed by atoms with E-state index in [1.807, 2.05) is 0 Å². The van der Waals surface area contributed by atoms with Crippen LogP contribution in [0.4, 0.5) is 36.4 Å². The minimum Gasteiger partial charge on any atom is -0.311 e. The number of rotatable bonds is 4. The van der Waals surface area contributed by atoms with Crippen molar-refractivity contribution >= 4 is 11.6 Å². The Morgan fingerprint density at radius 3 is 1.85 bits per heavy atom. The van der Waals surface area contributed by atoms with Gasteiger partial charge in [0.15, 0.2) is 0 Å². The van der Waals surface area contributed by atoms with E-state index < -0.39 is 29.5 Å². The molecule has 0 aliphatic heterocycles. The summed E-state index contributed by atoms with van der Waals surface area (Å²) in [4.78, 5) is 17.8. The molecule has 0 aliphatic rings. The van der Waals surface area contributed by atoms with Gasteiger partial charge in [-0.3, -0.25) is 4.79 Å². The first kappa shape index (κ1) is 24.2. The molecule has 0 spiro atoms. The van der Waals surface area contributed by atoms with Crippen LogP contribution in [-0.4, -0.2) is 40.1 Å². The number of carbonyl (C=O) groups is 1. The zero-order valence-corrected chi connectivity index (χ0v) is 17.5. The Balaban J connectivity index is 1.98. The summed E-state index contributed by atoms with van der Waals surface area (Å²) in [6.45, 7) is 2.41. The third-order valence-corrected chi connectivity index (χ3v) is 5.11. The first-order chi connectivity index (χ1) is 15.2. The molecule has 0 saturated heterocycles. The molecule has 33 heavy (non-hydrogen) atoms. The third kappa shape index (κ3) is 4.16. The number of benzene rings is 2. The van der Waals surface area contributed by atoms with Crippen LogP contribution in [0.1, 0.15) is 27.0 Å². The molecule has 0 N–H and O–H groups in total. The van der Waals surface area contributed by atoms with Gasteiger partial charge < -0.3 is 4.90 Å². The van der Waals surface area contributed by atoms with Crippen LogP contribution in [0.5, 0.6) is 0 Å². The Morgan fingerprint density at radius 1 is 0.909 bits per heavy atom. The summed E-state index contributed by atoms with van der Waals surface area (Å²) >= 11 is 0. The number of carbonyl (C=O) groups excluding carboxylic acids is 1. The van der Waals surface area contributed by atoms with Gasteiger partial charge in [-0.15, -0.1) is 0 Å². The Kier molecular flexibility index (Phi) is 5.99. The largest absolute Gasteiger partial charge is 0.435 e. The van der Waals surface area contributed by atoms with Gasteiger partial charge in [0, 0.05) is 23.9 Å². The van der Waals surface area contributed by atoms with Crippen LogP contribution in [0.25, 0.3) is 5.69 Å². The maximum atomic E-state index is 14.5. The molecule has 1 aromatic heterocycles. The minimum atomic E-state index is -6.22. The lowest BCUT2D eigenvalue weighted by Crippen LogP contribution is -2.50. The van der Waals surface area contributed by atoms with E-state index in [0.29, 0.717) is 17.8 Å². The van der Waals surface area contributed by atoms with Gasteiger partial charge in [-0.05, 0) is 49.2 Å². The summed E-state index contributed by atoms with van der Waals surface area (Å²) in [6, 6.07) is 7.05. The summed E-state index contributed by atoms with van der Waals surface area (Å²) < 4.78 is 94.7. The second-order valence-corrected chi connectivity index (χ2v) is 7.36. The standard InChI is InChI=1S/C21H17F7N4O/c1-12-8-15(19(22,20(23,24)25)21(26,27)28)9-13(2)17(12)31(3)18(33)14-4-6-16(7-5-14)32-11-29-10-30-32/h4-11H,1-3H3. The zero-order chi connectivity index (χ0) is 24.8. The molecule has 12 heteroatoms. The molecular formula is C21H17F7N4O. The van der Waals surface area contributed by atoms with Gasteiger partial charge in [-0.1, -0.05) is 12.1 Å². The van der Waals surface area contributed by atoms with E-state index in [9.17, 15) is 35.5 Å². The first-order valence-electron chi connectivity index (χ1n) is 9.35. The number of halogens is 7. The topological polar surface area (TPSA) is 51.0 Å². The van der Waals surface area contributed by atoms with E-state index in [-0.39, 0.29) is 22.4 Å². The zero-order valence-electron chi connectivity index (χ0n) is 17.5. The van der Waals surface area contributed by atoms with Gasteiger partial charge in [0.2, 0.25) is 0 Å².